The molecule has 2 N–H and O–H groups in total. The van der Waals surface area contributed by atoms with E-state index in [0.717, 1.165) is 33.5 Å². The monoisotopic (exact) mass is 410 g/mol. The standard InChI is InChI=1S/C25H22N4O2/c1-17-22(21-9-2-3-10-23(21)26-17)14-25(30)28-18-7-6-8-20(13-18)31-16-19-15-29-12-5-4-11-24(29)27-19/h2-13,15,26H,14,16H2,1H3,(H,28,30). The lowest BCUT2D eigenvalue weighted by Crippen LogP contribution is -2.14. The van der Waals surface area contributed by atoms with E-state index in [1.54, 1.807) is 0 Å². The highest BCUT2D eigenvalue weighted by molar-refractivity contribution is 5.96. The van der Waals surface area contributed by atoms with Crippen molar-refractivity contribution in [1.82, 2.24) is 14.4 Å². The molecule has 0 radical (unpaired) electrons. The van der Waals surface area contributed by atoms with Crippen LogP contribution in [-0.4, -0.2) is 20.3 Å². The number of hydrogen-bond donors (Lipinski definition) is 2. The van der Waals surface area contributed by atoms with Gasteiger partial charge in [-0.2, -0.15) is 0 Å². The minimum atomic E-state index is -0.0645. The number of pyridine rings is 1. The smallest absolute Gasteiger partial charge is 0.228 e. The molecule has 0 unspecified atom stereocenters. The van der Waals surface area contributed by atoms with E-state index in [1.165, 1.54) is 0 Å². The molecule has 3 heterocycles. The van der Waals surface area contributed by atoms with Crippen LogP contribution in [0.15, 0.2) is 79.1 Å². The van der Waals surface area contributed by atoms with Crippen molar-refractivity contribution in [2.75, 3.05) is 5.32 Å². The van der Waals surface area contributed by atoms with Crippen LogP contribution in [0, 0.1) is 6.92 Å². The lowest BCUT2D eigenvalue weighted by molar-refractivity contribution is -0.115. The Bertz CT molecular complexity index is 1350. The van der Waals surface area contributed by atoms with Crippen molar-refractivity contribution in [3.05, 3.63) is 96.1 Å². The van der Waals surface area contributed by atoms with Crippen LogP contribution in [0.3, 0.4) is 0 Å². The Balaban J connectivity index is 1.25. The van der Waals surface area contributed by atoms with Crippen molar-refractivity contribution in [2.24, 2.45) is 0 Å². The highest BCUT2D eigenvalue weighted by atomic mass is 16.5. The number of rotatable bonds is 6. The number of hydrogen-bond acceptors (Lipinski definition) is 3. The molecule has 2 aromatic carbocycles. The summed E-state index contributed by atoms with van der Waals surface area (Å²) < 4.78 is 7.85. The molecule has 0 atom stereocenters. The van der Waals surface area contributed by atoms with Crippen LogP contribution in [0.2, 0.25) is 0 Å². The number of aromatic amines is 1. The molecule has 0 bridgehead atoms. The third kappa shape index (κ3) is 4.00. The minimum Gasteiger partial charge on any atom is -0.487 e. The molecular weight excluding hydrogens is 388 g/mol. The highest BCUT2D eigenvalue weighted by Gasteiger charge is 2.13. The summed E-state index contributed by atoms with van der Waals surface area (Å²) in [5.74, 6) is 0.614. The van der Waals surface area contributed by atoms with Gasteiger partial charge in [0.2, 0.25) is 5.91 Å². The molecular formula is C25H22N4O2. The lowest BCUT2D eigenvalue weighted by Gasteiger charge is -2.09. The fourth-order valence-corrected chi connectivity index (χ4v) is 3.81. The van der Waals surface area contributed by atoms with E-state index in [9.17, 15) is 4.79 Å². The first-order valence-corrected chi connectivity index (χ1v) is 10.2. The maximum Gasteiger partial charge on any atom is 0.228 e. The summed E-state index contributed by atoms with van der Waals surface area (Å²) in [6, 6.07) is 21.3. The van der Waals surface area contributed by atoms with E-state index in [1.807, 2.05) is 90.4 Å². The number of H-pyrrole nitrogens is 1. The van der Waals surface area contributed by atoms with E-state index < -0.39 is 0 Å². The topological polar surface area (TPSA) is 71.4 Å². The van der Waals surface area contributed by atoms with Gasteiger partial charge in [0.25, 0.3) is 0 Å². The van der Waals surface area contributed by atoms with E-state index >= 15 is 0 Å². The van der Waals surface area contributed by atoms with E-state index in [4.69, 9.17) is 4.74 Å². The Morgan fingerprint density at radius 3 is 2.87 bits per heavy atom. The van der Waals surface area contributed by atoms with Gasteiger partial charge in [-0.05, 0) is 42.8 Å². The Kier molecular flexibility index (Phi) is 4.88. The molecule has 0 aliphatic rings. The largest absolute Gasteiger partial charge is 0.487 e. The molecule has 1 amide bonds. The third-order valence-electron chi connectivity index (χ3n) is 5.28. The molecule has 0 fully saturated rings. The number of aryl methyl sites for hydroxylation is 1. The SMILES string of the molecule is Cc1[nH]c2ccccc2c1CC(=O)Nc1cccc(OCc2cn3ccccc3n2)c1. The third-order valence-corrected chi connectivity index (χ3v) is 5.28. The van der Waals surface area contributed by atoms with Crippen LogP contribution in [0.5, 0.6) is 5.75 Å². The Hall–Kier alpha value is -4.06. The van der Waals surface area contributed by atoms with Crippen LogP contribution < -0.4 is 10.1 Å². The van der Waals surface area contributed by atoms with Gasteiger partial charge in [-0.3, -0.25) is 4.79 Å². The molecule has 0 spiro atoms. The summed E-state index contributed by atoms with van der Waals surface area (Å²) >= 11 is 0. The second kappa shape index (κ2) is 7.99. The van der Waals surface area contributed by atoms with Crippen molar-refractivity contribution in [3.63, 3.8) is 0 Å². The number of nitrogens with one attached hydrogen (secondary N) is 2. The van der Waals surface area contributed by atoms with Crippen molar-refractivity contribution in [1.29, 1.82) is 0 Å². The average Bonchev–Trinajstić information content (AvgIpc) is 3.33. The predicted molar refractivity (Wildman–Crippen MR) is 121 cm³/mol. The maximum absolute atomic E-state index is 12.7. The first kappa shape index (κ1) is 18.9. The van der Waals surface area contributed by atoms with Crippen molar-refractivity contribution in [3.8, 4) is 5.75 Å². The first-order valence-electron chi connectivity index (χ1n) is 10.2. The van der Waals surface area contributed by atoms with Gasteiger partial charge in [-0.25, -0.2) is 4.98 Å². The Labute approximate surface area is 179 Å². The number of anilines is 1. The number of para-hydroxylation sites is 1. The van der Waals surface area contributed by atoms with Gasteiger partial charge < -0.3 is 19.4 Å². The Morgan fingerprint density at radius 2 is 1.97 bits per heavy atom. The molecule has 0 saturated heterocycles. The van der Waals surface area contributed by atoms with E-state index in [-0.39, 0.29) is 5.91 Å². The summed E-state index contributed by atoms with van der Waals surface area (Å²) in [6.45, 7) is 2.35. The molecule has 6 heteroatoms. The molecule has 31 heavy (non-hydrogen) atoms. The summed E-state index contributed by atoms with van der Waals surface area (Å²) in [5.41, 5.74) is 5.51. The number of imidazole rings is 1. The number of carbonyl (C=O) groups is 1. The number of amides is 1. The molecule has 5 aromatic rings. The zero-order chi connectivity index (χ0) is 21.2. The summed E-state index contributed by atoms with van der Waals surface area (Å²) in [4.78, 5) is 20.6. The van der Waals surface area contributed by atoms with Crippen LogP contribution in [-0.2, 0) is 17.8 Å². The van der Waals surface area contributed by atoms with Crippen LogP contribution in [0.1, 0.15) is 17.0 Å². The van der Waals surface area contributed by atoms with Crippen molar-refractivity contribution < 1.29 is 9.53 Å². The van der Waals surface area contributed by atoms with Gasteiger partial charge in [-0.1, -0.05) is 30.3 Å². The van der Waals surface area contributed by atoms with Crippen LogP contribution in [0.4, 0.5) is 5.69 Å². The minimum absolute atomic E-state index is 0.0645. The second-order valence-corrected chi connectivity index (χ2v) is 7.51. The summed E-state index contributed by atoms with van der Waals surface area (Å²) in [6.07, 6.45) is 4.21. The molecule has 0 aliphatic carbocycles. The molecule has 3 aromatic heterocycles. The number of carbonyl (C=O) groups excluding carboxylic acids is 1. The van der Waals surface area contributed by atoms with Crippen LogP contribution >= 0.6 is 0 Å². The Morgan fingerprint density at radius 1 is 1.10 bits per heavy atom. The summed E-state index contributed by atoms with van der Waals surface area (Å²) in [5, 5.41) is 4.06. The highest BCUT2D eigenvalue weighted by Crippen LogP contribution is 2.23. The predicted octanol–water partition coefficient (Wildman–Crippen LogP) is 4.88. The van der Waals surface area contributed by atoms with Gasteiger partial charge in [0.05, 0.1) is 12.1 Å². The number of ether oxygens (including phenoxy) is 1. The molecule has 0 aliphatic heterocycles. The fraction of sp³-hybridized carbons (Fsp3) is 0.120. The number of fused-ring (bicyclic) bond motifs is 2. The van der Waals surface area contributed by atoms with E-state index in [2.05, 4.69) is 15.3 Å². The van der Waals surface area contributed by atoms with E-state index in [0.29, 0.717) is 24.5 Å². The van der Waals surface area contributed by atoms with Crippen molar-refractivity contribution in [2.45, 2.75) is 20.0 Å². The van der Waals surface area contributed by atoms with Gasteiger partial charge in [0.1, 0.15) is 18.0 Å². The number of benzene rings is 2. The van der Waals surface area contributed by atoms with Gasteiger partial charge >= 0.3 is 0 Å². The van der Waals surface area contributed by atoms with Gasteiger partial charge in [0.15, 0.2) is 0 Å². The van der Waals surface area contributed by atoms with Crippen LogP contribution in [0.25, 0.3) is 16.6 Å². The normalized spacial score (nSPS) is 11.1. The zero-order valence-corrected chi connectivity index (χ0v) is 17.1. The summed E-state index contributed by atoms with van der Waals surface area (Å²) in [7, 11) is 0. The quantitative estimate of drug-likeness (QED) is 0.419. The first-order chi connectivity index (χ1) is 15.2. The number of nitrogens with zero attached hydrogens (tertiary/aromatic N) is 2. The average molecular weight is 410 g/mol. The molecule has 5 rings (SSSR count). The second-order valence-electron chi connectivity index (χ2n) is 7.51. The van der Waals surface area contributed by atoms with Gasteiger partial charge in [-0.15, -0.1) is 0 Å². The fourth-order valence-electron chi connectivity index (χ4n) is 3.81. The number of aromatic nitrogens is 3. The zero-order valence-electron chi connectivity index (χ0n) is 17.1. The molecule has 0 saturated carbocycles. The molecule has 154 valence electrons. The molecule has 6 nitrogen and oxygen atoms in total. The van der Waals surface area contributed by atoms with Crippen molar-refractivity contribution >= 4 is 28.1 Å². The lowest BCUT2D eigenvalue weighted by atomic mass is 10.1. The maximum atomic E-state index is 12.7. The van der Waals surface area contributed by atoms with Gasteiger partial charge in [0, 0.05) is 40.7 Å².